The molecule has 2 rings (SSSR count). The van der Waals surface area contributed by atoms with Crippen LogP contribution in [0, 0.1) is 0 Å². The van der Waals surface area contributed by atoms with E-state index in [0.29, 0.717) is 6.04 Å². The lowest BCUT2D eigenvalue weighted by Crippen LogP contribution is -2.52. The Morgan fingerprint density at radius 2 is 2.21 bits per heavy atom. The second-order valence-electron chi connectivity index (χ2n) is 4.76. The van der Waals surface area contributed by atoms with E-state index in [4.69, 9.17) is 5.73 Å². The molecule has 0 bridgehead atoms. The van der Waals surface area contributed by atoms with Crippen LogP contribution in [0.3, 0.4) is 0 Å². The summed E-state index contributed by atoms with van der Waals surface area (Å²) in [5.41, 5.74) is 5.99. The molecule has 2 aliphatic rings. The first-order chi connectivity index (χ1) is 6.79. The van der Waals surface area contributed by atoms with Crippen LogP contribution in [0.5, 0.6) is 0 Å². The van der Waals surface area contributed by atoms with Crippen molar-refractivity contribution in [1.29, 1.82) is 0 Å². The van der Waals surface area contributed by atoms with E-state index in [-0.39, 0.29) is 0 Å². The largest absolute Gasteiger partial charge is 0.327 e. The normalized spacial score (nSPS) is 31.7. The lowest BCUT2D eigenvalue weighted by atomic mass is 10.1. The Morgan fingerprint density at radius 3 is 3.00 bits per heavy atom. The summed E-state index contributed by atoms with van der Waals surface area (Å²) in [6.07, 6.45) is 3.90. The molecule has 2 fully saturated rings. The molecule has 2 saturated heterocycles. The van der Waals surface area contributed by atoms with E-state index in [1.807, 2.05) is 0 Å². The third-order valence-electron chi connectivity index (χ3n) is 3.69. The summed E-state index contributed by atoms with van der Waals surface area (Å²) in [6.45, 7) is 8.36. The fourth-order valence-electron chi connectivity index (χ4n) is 2.68. The number of piperazine rings is 1. The Labute approximate surface area is 87.2 Å². The van der Waals surface area contributed by atoms with E-state index in [1.54, 1.807) is 0 Å². The summed E-state index contributed by atoms with van der Waals surface area (Å²) in [6, 6.07) is 1.22. The minimum atomic E-state index is 0.378. The predicted octanol–water partition coefficient (Wildman–Crippen LogP) is 0.504. The van der Waals surface area contributed by atoms with E-state index in [0.717, 1.165) is 19.0 Å². The van der Waals surface area contributed by atoms with Crippen molar-refractivity contribution in [2.45, 2.75) is 38.3 Å². The topological polar surface area (TPSA) is 32.5 Å². The van der Waals surface area contributed by atoms with Gasteiger partial charge >= 0.3 is 0 Å². The number of hydrogen-bond donors (Lipinski definition) is 1. The highest BCUT2D eigenvalue weighted by Gasteiger charge is 2.30. The van der Waals surface area contributed by atoms with Crippen molar-refractivity contribution in [1.82, 2.24) is 9.80 Å². The monoisotopic (exact) mass is 197 g/mol. The average molecular weight is 197 g/mol. The molecule has 3 nitrogen and oxygen atoms in total. The molecule has 0 amide bonds. The van der Waals surface area contributed by atoms with Crippen molar-refractivity contribution in [3.8, 4) is 0 Å². The fraction of sp³-hybridized carbons (Fsp3) is 1.00. The predicted molar refractivity (Wildman–Crippen MR) is 59.3 cm³/mol. The van der Waals surface area contributed by atoms with Crippen molar-refractivity contribution in [3.05, 3.63) is 0 Å². The molecule has 2 aliphatic heterocycles. The Morgan fingerprint density at radius 1 is 1.36 bits per heavy atom. The molecule has 0 spiro atoms. The van der Waals surface area contributed by atoms with Gasteiger partial charge in [-0.05, 0) is 25.8 Å². The molecule has 2 heterocycles. The third kappa shape index (κ3) is 2.27. The van der Waals surface area contributed by atoms with Crippen LogP contribution in [0.1, 0.15) is 26.2 Å². The van der Waals surface area contributed by atoms with Crippen LogP contribution in [0.4, 0.5) is 0 Å². The van der Waals surface area contributed by atoms with Crippen LogP contribution in [0.25, 0.3) is 0 Å². The van der Waals surface area contributed by atoms with Gasteiger partial charge in [-0.15, -0.1) is 0 Å². The lowest BCUT2D eigenvalue weighted by molar-refractivity contribution is 0.0995. The second-order valence-corrected chi connectivity index (χ2v) is 4.76. The highest BCUT2D eigenvalue weighted by molar-refractivity contribution is 4.87. The van der Waals surface area contributed by atoms with Crippen LogP contribution in [-0.2, 0) is 0 Å². The van der Waals surface area contributed by atoms with Crippen molar-refractivity contribution in [3.63, 3.8) is 0 Å². The maximum absolute atomic E-state index is 5.99. The highest BCUT2D eigenvalue weighted by atomic mass is 15.3. The second kappa shape index (κ2) is 4.60. The van der Waals surface area contributed by atoms with Gasteiger partial charge in [0.2, 0.25) is 0 Å². The van der Waals surface area contributed by atoms with E-state index in [9.17, 15) is 0 Å². The summed E-state index contributed by atoms with van der Waals surface area (Å²) in [4.78, 5) is 5.20. The molecule has 3 heteroatoms. The van der Waals surface area contributed by atoms with Crippen LogP contribution in [-0.4, -0.2) is 54.6 Å². The highest BCUT2D eigenvalue weighted by Crippen LogP contribution is 2.21. The van der Waals surface area contributed by atoms with E-state index in [2.05, 4.69) is 16.7 Å². The third-order valence-corrected chi connectivity index (χ3v) is 3.69. The molecule has 2 unspecified atom stereocenters. The Hall–Kier alpha value is -0.120. The SMILES string of the molecule is CCC(N)CN1CCN2CCCC2C1. The molecule has 0 aromatic heterocycles. The van der Waals surface area contributed by atoms with Crippen LogP contribution < -0.4 is 5.73 Å². The number of nitrogens with zero attached hydrogens (tertiary/aromatic N) is 2. The zero-order chi connectivity index (χ0) is 9.97. The van der Waals surface area contributed by atoms with Crippen LogP contribution in [0.2, 0.25) is 0 Å². The molecule has 2 atom stereocenters. The smallest absolute Gasteiger partial charge is 0.0224 e. The lowest BCUT2D eigenvalue weighted by Gasteiger charge is -2.38. The van der Waals surface area contributed by atoms with Gasteiger partial charge in [-0.3, -0.25) is 9.80 Å². The van der Waals surface area contributed by atoms with Crippen LogP contribution in [0.15, 0.2) is 0 Å². The minimum absolute atomic E-state index is 0.378. The van der Waals surface area contributed by atoms with Gasteiger partial charge in [-0.25, -0.2) is 0 Å². The molecule has 14 heavy (non-hydrogen) atoms. The van der Waals surface area contributed by atoms with E-state index in [1.165, 1.54) is 39.0 Å². The first-order valence-electron chi connectivity index (χ1n) is 6.01. The molecule has 2 N–H and O–H groups in total. The molecular formula is C11H23N3. The summed E-state index contributed by atoms with van der Waals surface area (Å²) in [5, 5.41) is 0. The van der Waals surface area contributed by atoms with Gasteiger partial charge < -0.3 is 5.73 Å². The Balaban J connectivity index is 1.79. The molecule has 82 valence electrons. The minimum Gasteiger partial charge on any atom is -0.327 e. The molecule has 0 aromatic carbocycles. The summed E-state index contributed by atoms with van der Waals surface area (Å²) in [7, 11) is 0. The number of hydrogen-bond acceptors (Lipinski definition) is 3. The molecular weight excluding hydrogens is 174 g/mol. The Kier molecular flexibility index (Phi) is 3.42. The van der Waals surface area contributed by atoms with Crippen molar-refractivity contribution >= 4 is 0 Å². The molecule has 0 aromatic rings. The standard InChI is InChI=1S/C11H23N3/c1-2-10(12)8-13-6-7-14-5-3-4-11(14)9-13/h10-11H,2-9,12H2,1H3. The first-order valence-corrected chi connectivity index (χ1v) is 6.01. The maximum Gasteiger partial charge on any atom is 0.0224 e. The van der Waals surface area contributed by atoms with E-state index < -0.39 is 0 Å². The first kappa shape index (κ1) is 10.4. The number of nitrogens with two attached hydrogens (primary N) is 1. The number of fused-ring (bicyclic) bond motifs is 1. The molecule has 0 saturated carbocycles. The average Bonchev–Trinajstić information content (AvgIpc) is 2.64. The summed E-state index contributed by atoms with van der Waals surface area (Å²) < 4.78 is 0. The van der Waals surface area contributed by atoms with Gasteiger partial charge in [0.05, 0.1) is 0 Å². The van der Waals surface area contributed by atoms with Crippen LogP contribution >= 0.6 is 0 Å². The summed E-state index contributed by atoms with van der Waals surface area (Å²) in [5.74, 6) is 0. The van der Waals surface area contributed by atoms with Crippen molar-refractivity contribution < 1.29 is 0 Å². The fourth-order valence-corrected chi connectivity index (χ4v) is 2.68. The van der Waals surface area contributed by atoms with Gasteiger partial charge in [0, 0.05) is 38.3 Å². The summed E-state index contributed by atoms with van der Waals surface area (Å²) >= 11 is 0. The van der Waals surface area contributed by atoms with Gasteiger partial charge in [0.15, 0.2) is 0 Å². The van der Waals surface area contributed by atoms with Crippen molar-refractivity contribution in [2.24, 2.45) is 5.73 Å². The van der Waals surface area contributed by atoms with Gasteiger partial charge in [0.1, 0.15) is 0 Å². The van der Waals surface area contributed by atoms with Gasteiger partial charge in [-0.2, -0.15) is 0 Å². The maximum atomic E-state index is 5.99. The molecule has 0 radical (unpaired) electrons. The van der Waals surface area contributed by atoms with Gasteiger partial charge in [0.25, 0.3) is 0 Å². The van der Waals surface area contributed by atoms with E-state index >= 15 is 0 Å². The Bertz CT molecular complexity index is 183. The zero-order valence-corrected chi connectivity index (χ0v) is 9.28. The van der Waals surface area contributed by atoms with Crippen molar-refractivity contribution in [2.75, 3.05) is 32.7 Å². The quantitative estimate of drug-likeness (QED) is 0.715. The zero-order valence-electron chi connectivity index (χ0n) is 9.28. The molecule has 0 aliphatic carbocycles. The van der Waals surface area contributed by atoms with Gasteiger partial charge in [-0.1, -0.05) is 6.92 Å². The number of rotatable bonds is 3.